The maximum atomic E-state index is 12.6. The quantitative estimate of drug-likeness (QED) is 0.566. The van der Waals surface area contributed by atoms with Gasteiger partial charge in [0.05, 0.1) is 22.9 Å². The molecule has 0 aliphatic rings. The molecule has 3 aromatic rings. The lowest BCUT2D eigenvalue weighted by Gasteiger charge is -2.21. The lowest BCUT2D eigenvalue weighted by Crippen LogP contribution is -2.36. The van der Waals surface area contributed by atoms with Crippen LogP contribution in [-0.2, 0) is 10.5 Å². The first-order chi connectivity index (χ1) is 14.3. The molecule has 1 unspecified atom stereocenters. The summed E-state index contributed by atoms with van der Waals surface area (Å²) >= 11 is 3.00. The first-order valence-corrected chi connectivity index (χ1v) is 11.7. The van der Waals surface area contributed by atoms with Crippen molar-refractivity contribution in [2.75, 3.05) is 20.2 Å². The zero-order chi connectivity index (χ0) is 21.8. The standard InChI is InChI=1S/C22H27N3O3S2/c1-13-7-6-8-17(11-13)28-10-9-25(5)22(27)16(4)29-12-18-23-20(26)19-14(2)15(3)30-21(19)24-18/h6-8,11,16H,9-10,12H2,1-5H3,(H,23,24,26). The molecule has 1 amide bonds. The van der Waals surface area contributed by atoms with Crippen LogP contribution in [0.2, 0.25) is 0 Å². The van der Waals surface area contributed by atoms with Crippen LogP contribution in [0.3, 0.4) is 0 Å². The van der Waals surface area contributed by atoms with E-state index in [0.29, 0.717) is 30.1 Å². The van der Waals surface area contributed by atoms with Gasteiger partial charge in [0.25, 0.3) is 5.56 Å². The molecule has 0 radical (unpaired) electrons. The number of ether oxygens (including phenoxy) is 1. The second-order valence-corrected chi connectivity index (χ2v) is 9.89. The highest BCUT2D eigenvalue weighted by atomic mass is 32.2. The number of aromatic nitrogens is 2. The maximum absolute atomic E-state index is 12.6. The third kappa shape index (κ3) is 5.23. The SMILES string of the molecule is Cc1cccc(OCCN(C)C(=O)C(C)SCc2nc3sc(C)c(C)c3c(=O)[nH]2)c1. The van der Waals surface area contributed by atoms with Gasteiger partial charge in [0.15, 0.2) is 0 Å². The normalized spacial score (nSPS) is 12.2. The van der Waals surface area contributed by atoms with Crippen molar-refractivity contribution < 1.29 is 9.53 Å². The van der Waals surface area contributed by atoms with Crippen molar-refractivity contribution in [1.82, 2.24) is 14.9 Å². The van der Waals surface area contributed by atoms with E-state index < -0.39 is 0 Å². The van der Waals surface area contributed by atoms with Gasteiger partial charge in [-0.25, -0.2) is 4.98 Å². The molecule has 8 heteroatoms. The number of likely N-dealkylation sites (N-methyl/N-ethyl adjacent to an activating group) is 1. The molecule has 1 aromatic carbocycles. The van der Waals surface area contributed by atoms with Gasteiger partial charge >= 0.3 is 0 Å². The Hall–Kier alpha value is -2.32. The van der Waals surface area contributed by atoms with Gasteiger partial charge in [-0.1, -0.05) is 12.1 Å². The van der Waals surface area contributed by atoms with Gasteiger partial charge in [0.1, 0.15) is 23.0 Å². The zero-order valence-corrected chi connectivity index (χ0v) is 19.6. The third-order valence-corrected chi connectivity index (χ3v) is 7.21. The minimum absolute atomic E-state index is 0.0269. The summed E-state index contributed by atoms with van der Waals surface area (Å²) in [4.78, 5) is 36.0. The Morgan fingerprint density at radius 2 is 2.10 bits per heavy atom. The number of hydrogen-bond donors (Lipinski definition) is 1. The number of nitrogens with one attached hydrogen (secondary N) is 1. The van der Waals surface area contributed by atoms with E-state index >= 15 is 0 Å². The number of carbonyl (C=O) groups excluding carboxylic acids is 1. The van der Waals surface area contributed by atoms with E-state index in [1.807, 2.05) is 52.0 Å². The molecule has 2 heterocycles. The van der Waals surface area contributed by atoms with Gasteiger partial charge < -0.3 is 14.6 Å². The largest absolute Gasteiger partial charge is 0.492 e. The fourth-order valence-electron chi connectivity index (χ4n) is 3.07. The number of H-pyrrole nitrogens is 1. The number of aryl methyl sites for hydroxylation is 3. The summed E-state index contributed by atoms with van der Waals surface area (Å²) in [6.07, 6.45) is 0. The third-order valence-electron chi connectivity index (χ3n) is 4.97. The number of thiophene rings is 1. The van der Waals surface area contributed by atoms with E-state index in [9.17, 15) is 9.59 Å². The first-order valence-electron chi connectivity index (χ1n) is 9.81. The molecule has 0 saturated heterocycles. The predicted octanol–water partition coefficient (Wildman–Crippen LogP) is 4.07. The van der Waals surface area contributed by atoms with Crippen LogP contribution in [0.25, 0.3) is 10.2 Å². The van der Waals surface area contributed by atoms with E-state index in [1.165, 1.54) is 23.1 Å². The summed E-state index contributed by atoms with van der Waals surface area (Å²) in [7, 11) is 1.78. The van der Waals surface area contributed by atoms with Gasteiger partial charge in [0, 0.05) is 11.9 Å². The molecule has 30 heavy (non-hydrogen) atoms. The molecule has 0 bridgehead atoms. The van der Waals surface area contributed by atoms with Crippen molar-refractivity contribution in [3.05, 3.63) is 56.4 Å². The van der Waals surface area contributed by atoms with E-state index in [2.05, 4.69) is 9.97 Å². The lowest BCUT2D eigenvalue weighted by atomic mass is 10.2. The average Bonchev–Trinajstić information content (AvgIpc) is 2.99. The van der Waals surface area contributed by atoms with E-state index in [0.717, 1.165) is 26.6 Å². The van der Waals surface area contributed by atoms with Crippen LogP contribution in [0.5, 0.6) is 5.75 Å². The Balaban J connectivity index is 1.52. The van der Waals surface area contributed by atoms with Crippen LogP contribution in [-0.4, -0.2) is 46.2 Å². The number of aromatic amines is 1. The lowest BCUT2D eigenvalue weighted by molar-refractivity contribution is -0.129. The molecule has 160 valence electrons. The molecule has 3 rings (SSSR count). The van der Waals surface area contributed by atoms with Gasteiger partial charge in [-0.2, -0.15) is 0 Å². The predicted molar refractivity (Wildman–Crippen MR) is 125 cm³/mol. The van der Waals surface area contributed by atoms with Crippen molar-refractivity contribution >= 4 is 39.2 Å². The summed E-state index contributed by atoms with van der Waals surface area (Å²) in [5.41, 5.74) is 2.02. The summed E-state index contributed by atoms with van der Waals surface area (Å²) in [6, 6.07) is 7.85. The summed E-state index contributed by atoms with van der Waals surface area (Å²) in [5.74, 6) is 1.91. The van der Waals surface area contributed by atoms with E-state index in [-0.39, 0.29) is 16.7 Å². The average molecular weight is 446 g/mol. The molecule has 1 N–H and O–H groups in total. The molecule has 0 aliphatic carbocycles. The van der Waals surface area contributed by atoms with Crippen LogP contribution in [0.4, 0.5) is 0 Å². The van der Waals surface area contributed by atoms with Crippen molar-refractivity contribution in [2.24, 2.45) is 0 Å². The number of carbonyl (C=O) groups is 1. The molecular formula is C22H27N3O3S2. The molecule has 6 nitrogen and oxygen atoms in total. The zero-order valence-electron chi connectivity index (χ0n) is 17.9. The Morgan fingerprint density at radius 1 is 1.33 bits per heavy atom. The minimum atomic E-state index is -0.248. The minimum Gasteiger partial charge on any atom is -0.492 e. The molecule has 1 atom stereocenters. The molecule has 0 spiro atoms. The molecule has 2 aromatic heterocycles. The number of benzene rings is 1. The highest BCUT2D eigenvalue weighted by Crippen LogP contribution is 2.26. The van der Waals surface area contributed by atoms with Crippen LogP contribution < -0.4 is 10.3 Å². The highest BCUT2D eigenvalue weighted by molar-refractivity contribution is 7.99. The fourth-order valence-corrected chi connectivity index (χ4v) is 4.98. The Bertz CT molecular complexity index is 1110. The summed E-state index contributed by atoms with van der Waals surface area (Å²) < 4.78 is 5.73. The Labute approximate surface area is 184 Å². The highest BCUT2D eigenvalue weighted by Gasteiger charge is 2.19. The fraction of sp³-hybridized carbons (Fsp3) is 0.409. The van der Waals surface area contributed by atoms with Crippen molar-refractivity contribution in [3.63, 3.8) is 0 Å². The van der Waals surface area contributed by atoms with Crippen LogP contribution in [0, 0.1) is 20.8 Å². The summed E-state index contributed by atoms with van der Waals surface area (Å²) in [6.45, 7) is 8.77. The van der Waals surface area contributed by atoms with Gasteiger partial charge in [0.2, 0.25) is 5.91 Å². The van der Waals surface area contributed by atoms with E-state index in [1.54, 1.807) is 11.9 Å². The van der Waals surface area contributed by atoms with E-state index in [4.69, 9.17) is 4.74 Å². The first kappa shape index (κ1) is 22.4. The number of nitrogens with zero attached hydrogens (tertiary/aromatic N) is 2. The number of fused-ring (bicyclic) bond motifs is 1. The van der Waals surface area contributed by atoms with Crippen LogP contribution >= 0.6 is 23.1 Å². The second kappa shape index (κ2) is 9.66. The number of thioether (sulfide) groups is 1. The topological polar surface area (TPSA) is 75.3 Å². The summed E-state index contributed by atoms with van der Waals surface area (Å²) in [5, 5.41) is 0.422. The monoisotopic (exact) mass is 445 g/mol. The van der Waals surface area contributed by atoms with Gasteiger partial charge in [-0.15, -0.1) is 23.1 Å². The molecular weight excluding hydrogens is 418 g/mol. The molecule has 0 aliphatic heterocycles. The number of amides is 1. The van der Waals surface area contributed by atoms with Gasteiger partial charge in [-0.05, 0) is 51.0 Å². The van der Waals surface area contributed by atoms with Gasteiger partial charge in [-0.3, -0.25) is 9.59 Å². The Morgan fingerprint density at radius 3 is 2.83 bits per heavy atom. The van der Waals surface area contributed by atoms with Crippen molar-refractivity contribution in [1.29, 1.82) is 0 Å². The second-order valence-electron chi connectivity index (χ2n) is 7.35. The van der Waals surface area contributed by atoms with Crippen LogP contribution in [0.1, 0.15) is 28.8 Å². The van der Waals surface area contributed by atoms with Crippen molar-refractivity contribution in [2.45, 2.75) is 38.7 Å². The van der Waals surface area contributed by atoms with Crippen molar-refractivity contribution in [3.8, 4) is 5.75 Å². The number of hydrogen-bond acceptors (Lipinski definition) is 6. The smallest absolute Gasteiger partial charge is 0.259 e. The molecule has 0 saturated carbocycles. The number of rotatable bonds is 8. The Kier molecular flexibility index (Phi) is 7.20. The maximum Gasteiger partial charge on any atom is 0.259 e. The van der Waals surface area contributed by atoms with Crippen LogP contribution in [0.15, 0.2) is 29.1 Å². The molecule has 0 fully saturated rings.